The lowest BCUT2D eigenvalue weighted by Gasteiger charge is -2.14. The average molecular weight is 299 g/mol. The van der Waals surface area contributed by atoms with Crippen molar-refractivity contribution in [3.8, 4) is 0 Å². The molecule has 0 aromatic heterocycles. The summed E-state index contributed by atoms with van der Waals surface area (Å²) in [5.74, 6) is 0. The summed E-state index contributed by atoms with van der Waals surface area (Å²) in [6.45, 7) is 2.68. The summed E-state index contributed by atoms with van der Waals surface area (Å²) >= 11 is 3.39. The van der Waals surface area contributed by atoms with E-state index in [1.54, 1.807) is 0 Å². The van der Waals surface area contributed by atoms with Crippen LogP contribution in [0.15, 0.2) is 22.7 Å². The van der Waals surface area contributed by atoms with Crippen LogP contribution in [-0.2, 0) is 4.74 Å². The van der Waals surface area contributed by atoms with E-state index in [2.05, 4.69) is 26.6 Å². The van der Waals surface area contributed by atoms with Gasteiger partial charge in [-0.15, -0.1) is 0 Å². The first-order chi connectivity index (χ1) is 8.15. The summed E-state index contributed by atoms with van der Waals surface area (Å²) in [6.07, 6.45) is 1.74. The molecule has 0 bridgehead atoms. The summed E-state index contributed by atoms with van der Waals surface area (Å²) in [4.78, 5) is 11.7. The van der Waals surface area contributed by atoms with Crippen LogP contribution in [0.2, 0.25) is 0 Å². The maximum Gasteiger partial charge on any atom is 0.321 e. The second-order valence-electron chi connectivity index (χ2n) is 4.06. The van der Waals surface area contributed by atoms with Crippen molar-refractivity contribution in [1.29, 1.82) is 0 Å². The Morgan fingerprint density at radius 3 is 3.00 bits per heavy atom. The molecule has 0 spiro atoms. The molecule has 1 aliphatic heterocycles. The molecule has 5 heteroatoms. The van der Waals surface area contributed by atoms with Crippen LogP contribution in [-0.4, -0.2) is 18.9 Å². The molecule has 2 N–H and O–H groups in total. The minimum absolute atomic E-state index is 0.147. The van der Waals surface area contributed by atoms with Gasteiger partial charge in [0, 0.05) is 16.8 Å². The van der Waals surface area contributed by atoms with Crippen molar-refractivity contribution in [2.24, 2.45) is 0 Å². The van der Waals surface area contributed by atoms with Crippen LogP contribution < -0.4 is 10.6 Å². The number of carbonyl (C=O) groups is 1. The highest BCUT2D eigenvalue weighted by Crippen LogP contribution is 2.20. The van der Waals surface area contributed by atoms with Gasteiger partial charge in [-0.2, -0.15) is 0 Å². The van der Waals surface area contributed by atoms with Crippen molar-refractivity contribution in [2.45, 2.75) is 26.0 Å². The second-order valence-corrected chi connectivity index (χ2v) is 4.98. The molecule has 1 heterocycles. The monoisotopic (exact) mass is 298 g/mol. The number of halogens is 1. The predicted octanol–water partition coefficient (Wildman–Crippen LogP) is 3.02. The maximum atomic E-state index is 11.7. The van der Waals surface area contributed by atoms with Gasteiger partial charge in [-0.1, -0.05) is 15.9 Å². The number of aryl methyl sites for hydroxylation is 1. The smallest absolute Gasteiger partial charge is 0.321 e. The fraction of sp³-hybridized carbons (Fsp3) is 0.417. The van der Waals surface area contributed by atoms with Crippen molar-refractivity contribution < 1.29 is 9.53 Å². The molecule has 0 saturated carbocycles. The van der Waals surface area contributed by atoms with Crippen molar-refractivity contribution in [3.63, 3.8) is 0 Å². The van der Waals surface area contributed by atoms with E-state index in [0.29, 0.717) is 0 Å². The Kier molecular flexibility index (Phi) is 4.02. The summed E-state index contributed by atoms with van der Waals surface area (Å²) in [5.41, 5.74) is 1.82. The lowest BCUT2D eigenvalue weighted by molar-refractivity contribution is 0.0928. The number of nitrogens with one attached hydrogen (secondary N) is 2. The maximum absolute atomic E-state index is 11.7. The minimum atomic E-state index is -0.220. The number of ether oxygens (including phenoxy) is 1. The number of amides is 2. The van der Waals surface area contributed by atoms with Gasteiger partial charge in [0.25, 0.3) is 0 Å². The molecule has 1 aliphatic rings. The zero-order valence-corrected chi connectivity index (χ0v) is 11.2. The number of anilines is 1. The zero-order valence-electron chi connectivity index (χ0n) is 9.63. The number of urea groups is 1. The first kappa shape index (κ1) is 12.4. The van der Waals surface area contributed by atoms with Crippen LogP contribution in [0.25, 0.3) is 0 Å². The number of carbonyl (C=O) groups excluding carboxylic acids is 1. The standard InChI is InChI=1S/C12H15BrN2O2/c1-8-7-9(13)4-5-10(8)14-12(16)15-11-3-2-6-17-11/h4-5,7,11H,2-3,6H2,1H3,(H2,14,15,16). The van der Waals surface area contributed by atoms with E-state index < -0.39 is 0 Å². The molecule has 1 saturated heterocycles. The zero-order chi connectivity index (χ0) is 12.3. The molecule has 0 aliphatic carbocycles. The Bertz CT molecular complexity index is 417. The van der Waals surface area contributed by atoms with E-state index >= 15 is 0 Å². The molecule has 4 nitrogen and oxygen atoms in total. The third-order valence-electron chi connectivity index (χ3n) is 2.66. The van der Waals surface area contributed by atoms with Gasteiger partial charge >= 0.3 is 6.03 Å². The van der Waals surface area contributed by atoms with Crippen molar-refractivity contribution in [2.75, 3.05) is 11.9 Å². The van der Waals surface area contributed by atoms with Gasteiger partial charge in [0.2, 0.25) is 0 Å². The molecule has 0 radical (unpaired) electrons. The highest BCUT2D eigenvalue weighted by atomic mass is 79.9. The van der Waals surface area contributed by atoms with Crippen LogP contribution in [0.3, 0.4) is 0 Å². The normalized spacial score (nSPS) is 19.1. The fourth-order valence-electron chi connectivity index (χ4n) is 1.76. The molecule has 1 aromatic rings. The van der Waals surface area contributed by atoms with Crippen LogP contribution in [0, 0.1) is 6.92 Å². The Hall–Kier alpha value is -1.07. The molecule has 1 fully saturated rings. The molecule has 1 atom stereocenters. The van der Waals surface area contributed by atoms with Crippen molar-refractivity contribution in [3.05, 3.63) is 28.2 Å². The topological polar surface area (TPSA) is 50.4 Å². The van der Waals surface area contributed by atoms with E-state index in [0.717, 1.165) is 35.2 Å². The molecular formula is C12H15BrN2O2. The van der Waals surface area contributed by atoms with E-state index in [9.17, 15) is 4.79 Å². The third-order valence-corrected chi connectivity index (χ3v) is 3.15. The Morgan fingerprint density at radius 1 is 1.53 bits per heavy atom. The molecule has 2 amide bonds. The van der Waals surface area contributed by atoms with E-state index in [1.165, 1.54) is 0 Å². The largest absolute Gasteiger partial charge is 0.358 e. The number of hydrogen-bond donors (Lipinski definition) is 2. The van der Waals surface area contributed by atoms with Gasteiger partial charge < -0.3 is 15.4 Å². The minimum Gasteiger partial charge on any atom is -0.358 e. The average Bonchev–Trinajstić information content (AvgIpc) is 2.75. The molecule has 1 unspecified atom stereocenters. The van der Waals surface area contributed by atoms with Gasteiger partial charge in [0.15, 0.2) is 0 Å². The highest BCUT2D eigenvalue weighted by Gasteiger charge is 2.17. The number of hydrogen-bond acceptors (Lipinski definition) is 2. The Labute approximate surface area is 109 Å². The van der Waals surface area contributed by atoms with Gasteiger partial charge in [-0.3, -0.25) is 0 Å². The molecule has 2 rings (SSSR count). The van der Waals surface area contributed by atoms with Crippen LogP contribution in [0.1, 0.15) is 18.4 Å². The summed E-state index contributed by atoms with van der Waals surface area (Å²) in [6, 6.07) is 5.51. The van der Waals surface area contributed by atoms with Gasteiger partial charge in [0.05, 0.1) is 0 Å². The third kappa shape index (κ3) is 3.44. The molecule has 17 heavy (non-hydrogen) atoms. The summed E-state index contributed by atoms with van der Waals surface area (Å²) in [5, 5.41) is 5.60. The van der Waals surface area contributed by atoms with Gasteiger partial charge in [-0.25, -0.2) is 4.79 Å². The highest BCUT2D eigenvalue weighted by molar-refractivity contribution is 9.10. The molecule has 92 valence electrons. The second kappa shape index (κ2) is 5.51. The first-order valence-corrected chi connectivity index (χ1v) is 6.40. The molecular weight excluding hydrogens is 284 g/mol. The predicted molar refractivity (Wildman–Crippen MR) is 70.0 cm³/mol. The fourth-order valence-corrected chi connectivity index (χ4v) is 2.24. The Morgan fingerprint density at radius 2 is 2.35 bits per heavy atom. The SMILES string of the molecule is Cc1cc(Br)ccc1NC(=O)NC1CCCO1. The van der Waals surface area contributed by atoms with Gasteiger partial charge in [0.1, 0.15) is 6.23 Å². The number of benzene rings is 1. The number of rotatable bonds is 2. The lowest BCUT2D eigenvalue weighted by Crippen LogP contribution is -2.37. The van der Waals surface area contributed by atoms with Gasteiger partial charge in [-0.05, 0) is 43.5 Å². The van der Waals surface area contributed by atoms with E-state index in [4.69, 9.17) is 4.74 Å². The van der Waals surface area contributed by atoms with Crippen molar-refractivity contribution in [1.82, 2.24) is 5.32 Å². The lowest BCUT2D eigenvalue weighted by atomic mass is 10.2. The van der Waals surface area contributed by atoms with Crippen LogP contribution in [0.5, 0.6) is 0 Å². The van der Waals surface area contributed by atoms with E-state index in [-0.39, 0.29) is 12.3 Å². The van der Waals surface area contributed by atoms with Crippen LogP contribution in [0.4, 0.5) is 10.5 Å². The Balaban J connectivity index is 1.93. The van der Waals surface area contributed by atoms with E-state index in [1.807, 2.05) is 25.1 Å². The van der Waals surface area contributed by atoms with Crippen molar-refractivity contribution >= 4 is 27.6 Å². The summed E-state index contributed by atoms with van der Waals surface area (Å²) < 4.78 is 6.33. The molecule has 1 aromatic carbocycles. The van der Waals surface area contributed by atoms with Crippen LogP contribution >= 0.6 is 15.9 Å². The first-order valence-electron chi connectivity index (χ1n) is 5.60. The quantitative estimate of drug-likeness (QED) is 0.882. The summed E-state index contributed by atoms with van der Waals surface area (Å²) in [7, 11) is 0.